The van der Waals surface area contributed by atoms with Gasteiger partial charge >= 0.3 is 0 Å². The van der Waals surface area contributed by atoms with Crippen LogP contribution in [0.15, 0.2) is 170 Å². The topological polar surface area (TPSA) is 24.9 Å². The van der Waals surface area contributed by atoms with Crippen LogP contribution >= 0.6 is 48.0 Å². The number of benzene rings is 7. The minimum absolute atomic E-state index is 0.255. The Morgan fingerprint density at radius 2 is 0.613 bits per heavy atom. The van der Waals surface area contributed by atoms with Crippen molar-refractivity contribution in [3.63, 3.8) is 0 Å². The number of thioether (sulfide) groups is 2. The Kier molecular flexibility index (Phi) is 15.2. The Balaban J connectivity index is 1.10. The number of hydrogen-bond donors (Lipinski definition) is 0. The van der Waals surface area contributed by atoms with Crippen molar-refractivity contribution in [2.45, 2.75) is 52.7 Å². The molecule has 7 rings (SSSR count). The van der Waals surface area contributed by atoms with Crippen LogP contribution in [-0.2, 0) is 22.3 Å². The van der Waals surface area contributed by atoms with Gasteiger partial charge in [-0.3, -0.25) is 0 Å². The van der Waals surface area contributed by atoms with Crippen LogP contribution < -0.4 is 9.80 Å². The predicted octanol–water partition coefficient (Wildman–Crippen LogP) is 15.8. The molecule has 0 N–H and O–H groups in total. The van der Waals surface area contributed by atoms with Gasteiger partial charge in [-0.25, -0.2) is 0 Å². The number of anilines is 6. The molecule has 4 nitrogen and oxygen atoms in total. The smallest absolute Gasteiger partial charge is 0.220 e. The zero-order valence-electron chi connectivity index (χ0n) is 36.1. The Hall–Kier alpha value is -5.38. The van der Waals surface area contributed by atoms with Gasteiger partial charge < -0.3 is 19.3 Å². The maximum Gasteiger partial charge on any atom is 0.220 e. The summed E-state index contributed by atoms with van der Waals surface area (Å²) in [6.07, 6.45) is 4.73. The van der Waals surface area contributed by atoms with E-state index in [1.165, 1.54) is 45.8 Å². The summed E-state index contributed by atoms with van der Waals surface area (Å²) in [5.74, 6) is 0. The fourth-order valence-corrected chi connectivity index (χ4v) is 8.03. The third-order valence-corrected chi connectivity index (χ3v) is 12.9. The van der Waals surface area contributed by atoms with Gasteiger partial charge in [0.15, 0.2) is 0 Å². The molecular formula is C54H52N2O2S4. The number of rotatable bonds is 14. The quantitative estimate of drug-likeness (QED) is 0.0996. The Morgan fingerprint density at radius 1 is 0.387 bits per heavy atom. The summed E-state index contributed by atoms with van der Waals surface area (Å²) in [4.78, 5) is 4.57. The molecule has 0 spiro atoms. The van der Waals surface area contributed by atoms with Crippen LogP contribution in [-0.4, -0.2) is 21.3 Å². The van der Waals surface area contributed by atoms with Crippen LogP contribution in [0.25, 0.3) is 0 Å². The van der Waals surface area contributed by atoms with Crippen molar-refractivity contribution < 1.29 is 9.47 Å². The van der Waals surface area contributed by atoms with Gasteiger partial charge in [0.05, 0.1) is 0 Å². The summed E-state index contributed by atoms with van der Waals surface area (Å²) in [7, 11) is 0. The number of ether oxygens (including phenoxy) is 2. The second kappa shape index (κ2) is 21.1. The van der Waals surface area contributed by atoms with E-state index in [0.717, 1.165) is 56.4 Å². The maximum absolute atomic E-state index is 6.43. The summed E-state index contributed by atoms with van der Waals surface area (Å²) in [6.45, 7) is 8.46. The molecule has 0 aromatic heterocycles. The number of aryl methyl sites for hydroxylation is 4. The highest BCUT2D eigenvalue weighted by atomic mass is 32.2. The van der Waals surface area contributed by atoms with E-state index in [4.69, 9.17) is 33.9 Å². The average Bonchev–Trinajstić information content (AvgIpc) is 3.29. The SMILES string of the molecule is CSC(=S)OC(Cc1ccc(CC(OC(=S)SC)c2ccc(N(c3ccc(C)cc3)c3ccc(C)cc3)cc2)cc1)c1ccc(N(c2ccc(C)cc2)c2ccc(C)cc2)cc1. The van der Waals surface area contributed by atoms with Gasteiger partial charge in [-0.15, -0.1) is 0 Å². The standard InChI is InChI=1S/C54H52N2O2S4/c1-37-7-23-45(24-8-37)55(46-25-9-38(2)10-26-46)49-31-19-43(20-32-49)51(57-53(59)61-5)35-41-15-17-42(18-16-41)36-52(58-54(60)62-6)44-21-33-50(34-22-44)56(47-27-11-39(3)12-28-47)48-29-13-40(4)14-30-48/h7-34,51-52H,35-36H2,1-6H3. The van der Waals surface area contributed by atoms with E-state index in [-0.39, 0.29) is 12.2 Å². The van der Waals surface area contributed by atoms with Crippen molar-refractivity contribution in [1.82, 2.24) is 0 Å². The minimum Gasteiger partial charge on any atom is -0.470 e. The van der Waals surface area contributed by atoms with E-state index in [1.54, 1.807) is 0 Å². The fourth-order valence-electron chi connectivity index (χ4n) is 7.37. The molecule has 0 radical (unpaired) electrons. The van der Waals surface area contributed by atoms with Crippen molar-refractivity contribution in [3.05, 3.63) is 214 Å². The zero-order chi connectivity index (χ0) is 43.6. The molecule has 0 amide bonds. The molecule has 7 aromatic carbocycles. The Labute approximate surface area is 387 Å². The number of hydrogen-bond acceptors (Lipinski definition) is 8. The van der Waals surface area contributed by atoms with Crippen LogP contribution in [0, 0.1) is 27.7 Å². The molecule has 314 valence electrons. The van der Waals surface area contributed by atoms with Gasteiger partial charge in [-0.2, -0.15) is 0 Å². The van der Waals surface area contributed by atoms with E-state index in [2.05, 4.69) is 207 Å². The maximum atomic E-state index is 6.43. The molecule has 2 atom stereocenters. The van der Waals surface area contributed by atoms with Crippen molar-refractivity contribution in [2.24, 2.45) is 0 Å². The molecule has 62 heavy (non-hydrogen) atoms. The van der Waals surface area contributed by atoms with Crippen molar-refractivity contribution in [2.75, 3.05) is 22.3 Å². The third kappa shape index (κ3) is 11.5. The molecule has 0 aliphatic rings. The van der Waals surface area contributed by atoms with Gasteiger partial charge in [0.2, 0.25) is 8.77 Å². The van der Waals surface area contributed by atoms with E-state index in [9.17, 15) is 0 Å². The first-order valence-electron chi connectivity index (χ1n) is 20.7. The van der Waals surface area contributed by atoms with E-state index in [0.29, 0.717) is 21.6 Å². The predicted molar refractivity (Wildman–Crippen MR) is 275 cm³/mol. The summed E-state index contributed by atoms with van der Waals surface area (Å²) in [6, 6.07) is 60.7. The van der Waals surface area contributed by atoms with Gasteiger partial charge in [-0.05, 0) is 160 Å². The Bertz CT molecular complexity index is 2270. The van der Waals surface area contributed by atoms with Gasteiger partial charge in [0.1, 0.15) is 12.2 Å². The fraction of sp³-hybridized carbons (Fsp3) is 0.185. The average molecular weight is 889 g/mol. The van der Waals surface area contributed by atoms with Gasteiger partial charge in [0, 0.05) is 47.0 Å². The lowest BCUT2D eigenvalue weighted by Gasteiger charge is -2.27. The lowest BCUT2D eigenvalue weighted by molar-refractivity contribution is 0.204. The first kappa shape index (κ1) is 44.7. The summed E-state index contributed by atoms with van der Waals surface area (Å²) in [5.41, 5.74) is 15.9. The highest BCUT2D eigenvalue weighted by Gasteiger charge is 2.21. The minimum atomic E-state index is -0.255. The molecule has 0 aliphatic heterocycles. The van der Waals surface area contributed by atoms with Crippen molar-refractivity contribution in [3.8, 4) is 0 Å². The van der Waals surface area contributed by atoms with Crippen molar-refractivity contribution in [1.29, 1.82) is 0 Å². The van der Waals surface area contributed by atoms with Crippen molar-refractivity contribution >= 4 is 90.8 Å². The number of nitrogens with zero attached hydrogens (tertiary/aromatic N) is 2. The molecule has 0 bridgehead atoms. The second-order valence-electron chi connectivity index (χ2n) is 15.5. The van der Waals surface area contributed by atoms with Gasteiger partial charge in [0.25, 0.3) is 0 Å². The lowest BCUT2D eigenvalue weighted by Crippen LogP contribution is -2.13. The molecule has 8 heteroatoms. The summed E-state index contributed by atoms with van der Waals surface area (Å²) < 4.78 is 13.9. The summed E-state index contributed by atoms with van der Waals surface area (Å²) >= 11 is 14.1. The van der Waals surface area contributed by atoms with Crippen LogP contribution in [0.5, 0.6) is 0 Å². The first-order chi connectivity index (χ1) is 30.1. The molecule has 0 saturated carbocycles. The van der Waals surface area contributed by atoms with Crippen LogP contribution in [0.2, 0.25) is 0 Å². The normalized spacial score (nSPS) is 12.0. The van der Waals surface area contributed by atoms with E-state index >= 15 is 0 Å². The Morgan fingerprint density at radius 3 is 0.839 bits per heavy atom. The molecule has 0 aliphatic carbocycles. The zero-order valence-corrected chi connectivity index (χ0v) is 39.3. The second-order valence-corrected chi connectivity index (χ2v) is 18.4. The van der Waals surface area contributed by atoms with Crippen LogP contribution in [0.1, 0.15) is 56.7 Å². The largest absolute Gasteiger partial charge is 0.470 e. The first-order valence-corrected chi connectivity index (χ1v) is 24.0. The highest BCUT2D eigenvalue weighted by molar-refractivity contribution is 8.22. The monoisotopic (exact) mass is 888 g/mol. The van der Waals surface area contributed by atoms with Gasteiger partial charge in [-0.1, -0.05) is 143 Å². The summed E-state index contributed by atoms with van der Waals surface area (Å²) in [5, 5.41) is 0. The lowest BCUT2D eigenvalue weighted by atomic mass is 9.97. The highest BCUT2D eigenvalue weighted by Crippen LogP contribution is 2.38. The molecule has 0 heterocycles. The number of thiocarbonyl (C=S) groups is 2. The van der Waals surface area contributed by atoms with Crippen LogP contribution in [0.3, 0.4) is 0 Å². The van der Waals surface area contributed by atoms with E-state index in [1.807, 2.05) is 12.5 Å². The molecule has 0 saturated heterocycles. The molecule has 7 aromatic rings. The molecule has 0 fully saturated rings. The van der Waals surface area contributed by atoms with Crippen LogP contribution in [0.4, 0.5) is 34.1 Å². The third-order valence-electron chi connectivity index (χ3n) is 10.9. The molecular weight excluding hydrogens is 837 g/mol. The van der Waals surface area contributed by atoms with E-state index < -0.39 is 0 Å². The molecule has 2 unspecified atom stereocenters.